The van der Waals surface area contributed by atoms with Crippen LogP contribution in [-0.4, -0.2) is 24.5 Å². The molecule has 4 heteroatoms. The number of amides is 1. The highest BCUT2D eigenvalue weighted by atomic mass is 16.5. The lowest BCUT2D eigenvalue weighted by molar-refractivity contribution is -0.125. The summed E-state index contributed by atoms with van der Waals surface area (Å²) in [5.74, 6) is 2.31. The summed E-state index contributed by atoms with van der Waals surface area (Å²) >= 11 is 0. The van der Waals surface area contributed by atoms with Gasteiger partial charge in [-0.25, -0.2) is 0 Å². The third-order valence-electron chi connectivity index (χ3n) is 3.19. The summed E-state index contributed by atoms with van der Waals surface area (Å²) < 4.78 is 11.0. The lowest BCUT2D eigenvalue weighted by atomic mass is 10.2. The highest BCUT2D eigenvalue weighted by Gasteiger charge is 2.08. The lowest BCUT2D eigenvalue weighted by Crippen LogP contribution is -2.23. The number of hydrogen-bond acceptors (Lipinski definition) is 3. The maximum Gasteiger partial charge on any atom is 0.246 e. The molecular formula is C18H21NO3. The van der Waals surface area contributed by atoms with Crippen molar-refractivity contribution in [1.29, 1.82) is 0 Å². The van der Waals surface area contributed by atoms with Crippen LogP contribution < -0.4 is 4.74 Å². The molecule has 0 unspecified atom stereocenters. The molecular weight excluding hydrogens is 278 g/mol. The van der Waals surface area contributed by atoms with Crippen LogP contribution in [0, 0.1) is 6.92 Å². The molecule has 0 saturated heterocycles. The molecule has 2 rings (SSSR count). The van der Waals surface area contributed by atoms with Gasteiger partial charge in [-0.3, -0.25) is 4.79 Å². The number of likely N-dealkylation sites (N-methyl/N-ethyl adjacent to an activating group) is 1. The van der Waals surface area contributed by atoms with Crippen LogP contribution in [-0.2, 0) is 11.3 Å². The Hall–Kier alpha value is -2.49. The highest BCUT2D eigenvalue weighted by molar-refractivity contribution is 5.91. The number of hydrogen-bond donors (Lipinski definition) is 0. The van der Waals surface area contributed by atoms with Gasteiger partial charge in [-0.1, -0.05) is 18.2 Å². The van der Waals surface area contributed by atoms with Crippen molar-refractivity contribution < 1.29 is 13.9 Å². The molecule has 1 aromatic heterocycles. The van der Waals surface area contributed by atoms with Crippen LogP contribution in [0.2, 0.25) is 0 Å². The Labute approximate surface area is 131 Å². The van der Waals surface area contributed by atoms with Gasteiger partial charge in [-0.2, -0.15) is 0 Å². The van der Waals surface area contributed by atoms with Crippen molar-refractivity contribution in [1.82, 2.24) is 4.90 Å². The number of benzene rings is 1. The minimum Gasteiger partial charge on any atom is -0.493 e. The molecule has 2 aromatic rings. The fraction of sp³-hybridized carbons (Fsp3) is 0.278. The number of furan rings is 1. The number of rotatable bonds is 6. The average molecular weight is 299 g/mol. The summed E-state index contributed by atoms with van der Waals surface area (Å²) in [6, 6.07) is 11.4. The first kappa shape index (κ1) is 15.9. The average Bonchev–Trinajstić information content (AvgIpc) is 2.91. The summed E-state index contributed by atoms with van der Waals surface area (Å²) in [5, 5.41) is 0. The maximum atomic E-state index is 12.2. The van der Waals surface area contributed by atoms with Crippen LogP contribution in [0.25, 0.3) is 6.08 Å². The summed E-state index contributed by atoms with van der Waals surface area (Å²) in [6.45, 7) is 4.86. The molecule has 0 atom stereocenters. The molecule has 1 aromatic carbocycles. The van der Waals surface area contributed by atoms with Gasteiger partial charge < -0.3 is 14.1 Å². The molecule has 0 N–H and O–H groups in total. The van der Waals surface area contributed by atoms with E-state index in [9.17, 15) is 4.79 Å². The minimum atomic E-state index is -0.0830. The molecule has 0 bridgehead atoms. The maximum absolute atomic E-state index is 12.2. The van der Waals surface area contributed by atoms with Gasteiger partial charge in [0.25, 0.3) is 0 Å². The summed E-state index contributed by atoms with van der Waals surface area (Å²) in [4.78, 5) is 13.8. The SMILES string of the molecule is CCOc1ccccc1C=CC(=O)N(C)Cc1ccc(C)o1. The number of carbonyl (C=O) groups is 1. The lowest BCUT2D eigenvalue weighted by Gasteiger charge is -2.13. The Bertz CT molecular complexity index is 658. The Morgan fingerprint density at radius 2 is 2.05 bits per heavy atom. The third-order valence-corrected chi connectivity index (χ3v) is 3.19. The molecule has 0 saturated carbocycles. The smallest absolute Gasteiger partial charge is 0.246 e. The van der Waals surface area contributed by atoms with Crippen molar-refractivity contribution in [3.05, 3.63) is 59.6 Å². The summed E-state index contributed by atoms with van der Waals surface area (Å²) in [6.07, 6.45) is 3.32. The predicted molar refractivity (Wildman–Crippen MR) is 86.6 cm³/mol. The van der Waals surface area contributed by atoms with E-state index in [4.69, 9.17) is 9.15 Å². The number of aryl methyl sites for hydroxylation is 1. The van der Waals surface area contributed by atoms with Gasteiger partial charge in [0, 0.05) is 18.7 Å². The van der Waals surface area contributed by atoms with E-state index >= 15 is 0 Å². The Balaban J connectivity index is 2.01. The molecule has 1 heterocycles. The van der Waals surface area contributed by atoms with Crippen molar-refractivity contribution in [2.45, 2.75) is 20.4 Å². The second-order valence-corrected chi connectivity index (χ2v) is 5.01. The van der Waals surface area contributed by atoms with E-state index in [-0.39, 0.29) is 5.91 Å². The van der Waals surface area contributed by atoms with Crippen LogP contribution in [0.1, 0.15) is 24.0 Å². The van der Waals surface area contributed by atoms with E-state index < -0.39 is 0 Å². The van der Waals surface area contributed by atoms with Gasteiger partial charge in [0.05, 0.1) is 13.2 Å². The van der Waals surface area contributed by atoms with Crippen molar-refractivity contribution in [3.8, 4) is 5.75 Å². The van der Waals surface area contributed by atoms with Crippen LogP contribution in [0.3, 0.4) is 0 Å². The Morgan fingerprint density at radius 3 is 2.73 bits per heavy atom. The monoisotopic (exact) mass is 299 g/mol. The molecule has 22 heavy (non-hydrogen) atoms. The van der Waals surface area contributed by atoms with Gasteiger partial charge in [-0.15, -0.1) is 0 Å². The number of carbonyl (C=O) groups excluding carboxylic acids is 1. The first-order valence-electron chi connectivity index (χ1n) is 7.30. The van der Waals surface area contributed by atoms with Gasteiger partial charge in [-0.05, 0) is 38.1 Å². The van der Waals surface area contributed by atoms with E-state index in [1.807, 2.05) is 50.2 Å². The van der Waals surface area contributed by atoms with E-state index in [1.165, 1.54) is 0 Å². The Kier molecular flexibility index (Phi) is 5.42. The highest BCUT2D eigenvalue weighted by Crippen LogP contribution is 2.19. The van der Waals surface area contributed by atoms with E-state index in [0.717, 1.165) is 22.8 Å². The first-order valence-corrected chi connectivity index (χ1v) is 7.30. The molecule has 116 valence electrons. The zero-order valence-corrected chi connectivity index (χ0v) is 13.2. The van der Waals surface area contributed by atoms with Crippen LogP contribution in [0.15, 0.2) is 46.9 Å². The van der Waals surface area contributed by atoms with Gasteiger partial charge in [0.2, 0.25) is 5.91 Å². The predicted octanol–water partition coefficient (Wildman–Crippen LogP) is 3.66. The fourth-order valence-corrected chi connectivity index (χ4v) is 2.08. The summed E-state index contributed by atoms with van der Waals surface area (Å²) in [7, 11) is 1.75. The molecule has 0 spiro atoms. The van der Waals surface area contributed by atoms with Crippen LogP contribution >= 0.6 is 0 Å². The molecule has 0 aliphatic rings. The van der Waals surface area contributed by atoms with Crippen molar-refractivity contribution in [2.75, 3.05) is 13.7 Å². The van der Waals surface area contributed by atoms with Gasteiger partial charge >= 0.3 is 0 Å². The normalized spacial score (nSPS) is 10.9. The van der Waals surface area contributed by atoms with E-state index in [0.29, 0.717) is 13.2 Å². The first-order chi connectivity index (χ1) is 10.6. The zero-order valence-electron chi connectivity index (χ0n) is 13.2. The number of ether oxygens (including phenoxy) is 1. The largest absolute Gasteiger partial charge is 0.493 e. The summed E-state index contributed by atoms with van der Waals surface area (Å²) in [5.41, 5.74) is 0.889. The molecule has 0 aliphatic heterocycles. The number of nitrogens with zero attached hydrogens (tertiary/aromatic N) is 1. The molecule has 0 aliphatic carbocycles. The molecule has 1 amide bonds. The molecule has 0 fully saturated rings. The minimum absolute atomic E-state index is 0.0830. The fourth-order valence-electron chi connectivity index (χ4n) is 2.08. The van der Waals surface area contributed by atoms with Crippen molar-refractivity contribution in [3.63, 3.8) is 0 Å². The second kappa shape index (κ2) is 7.50. The van der Waals surface area contributed by atoms with Crippen molar-refractivity contribution >= 4 is 12.0 Å². The standard InChI is InChI=1S/C18H21NO3/c1-4-21-17-8-6-5-7-15(17)10-12-18(20)19(3)13-16-11-9-14(2)22-16/h5-12H,4,13H2,1-3H3. The van der Waals surface area contributed by atoms with Gasteiger partial charge in [0.1, 0.15) is 17.3 Å². The topological polar surface area (TPSA) is 42.7 Å². The zero-order chi connectivity index (χ0) is 15.9. The Morgan fingerprint density at radius 1 is 1.27 bits per heavy atom. The van der Waals surface area contributed by atoms with Gasteiger partial charge in [0.15, 0.2) is 0 Å². The quantitative estimate of drug-likeness (QED) is 0.765. The molecule has 4 nitrogen and oxygen atoms in total. The van der Waals surface area contributed by atoms with E-state index in [1.54, 1.807) is 24.1 Å². The van der Waals surface area contributed by atoms with E-state index in [2.05, 4.69) is 0 Å². The number of para-hydroxylation sites is 1. The third kappa shape index (κ3) is 4.25. The van der Waals surface area contributed by atoms with Crippen LogP contribution in [0.4, 0.5) is 0 Å². The second-order valence-electron chi connectivity index (χ2n) is 5.01. The van der Waals surface area contributed by atoms with Crippen LogP contribution in [0.5, 0.6) is 5.75 Å². The molecule has 0 radical (unpaired) electrons. The van der Waals surface area contributed by atoms with Crippen molar-refractivity contribution in [2.24, 2.45) is 0 Å².